The van der Waals surface area contributed by atoms with Crippen LogP contribution in [0.1, 0.15) is 29.1 Å². The molecule has 0 aromatic carbocycles. The van der Waals surface area contributed by atoms with Gasteiger partial charge < -0.3 is 14.3 Å². The topological polar surface area (TPSA) is 66.7 Å². The van der Waals surface area contributed by atoms with Crippen LogP contribution >= 0.6 is 0 Å². The summed E-state index contributed by atoms with van der Waals surface area (Å²) in [6, 6.07) is 1.64. The number of amides is 2. The van der Waals surface area contributed by atoms with Gasteiger partial charge in [-0.25, -0.2) is 0 Å². The van der Waals surface area contributed by atoms with Gasteiger partial charge in [0.15, 0.2) is 5.69 Å². The van der Waals surface area contributed by atoms with E-state index in [2.05, 4.69) is 5.16 Å². The van der Waals surface area contributed by atoms with Crippen molar-refractivity contribution in [2.75, 3.05) is 27.2 Å². The van der Waals surface area contributed by atoms with Crippen LogP contribution in [0.3, 0.4) is 0 Å². The van der Waals surface area contributed by atoms with Crippen molar-refractivity contribution in [3.05, 3.63) is 17.5 Å². The van der Waals surface area contributed by atoms with Gasteiger partial charge in [-0.05, 0) is 19.8 Å². The SMILES string of the molecule is Cc1cc(C(=O)N2CCC(C(=O)N(C)C)CC2)no1. The van der Waals surface area contributed by atoms with Gasteiger partial charge in [-0.1, -0.05) is 5.16 Å². The minimum absolute atomic E-state index is 0.0260. The van der Waals surface area contributed by atoms with Crippen molar-refractivity contribution in [2.24, 2.45) is 5.92 Å². The normalized spacial score (nSPS) is 16.5. The van der Waals surface area contributed by atoms with E-state index in [4.69, 9.17) is 4.52 Å². The number of hydrogen-bond donors (Lipinski definition) is 0. The molecule has 0 bridgehead atoms. The van der Waals surface area contributed by atoms with Crippen LogP contribution in [0, 0.1) is 12.8 Å². The molecule has 2 amide bonds. The molecular weight excluding hydrogens is 246 g/mol. The molecule has 0 spiro atoms. The second-order valence-corrected chi connectivity index (χ2v) is 5.12. The van der Waals surface area contributed by atoms with E-state index >= 15 is 0 Å². The monoisotopic (exact) mass is 265 g/mol. The highest BCUT2D eigenvalue weighted by Gasteiger charge is 2.29. The van der Waals surface area contributed by atoms with Crippen molar-refractivity contribution in [2.45, 2.75) is 19.8 Å². The summed E-state index contributed by atoms with van der Waals surface area (Å²) in [4.78, 5) is 27.3. The summed E-state index contributed by atoms with van der Waals surface area (Å²) in [7, 11) is 3.52. The van der Waals surface area contributed by atoms with Crippen molar-refractivity contribution < 1.29 is 14.1 Å². The van der Waals surface area contributed by atoms with Crippen LogP contribution in [0.15, 0.2) is 10.6 Å². The molecule has 1 fully saturated rings. The molecule has 0 atom stereocenters. The van der Waals surface area contributed by atoms with Crippen LogP contribution in [0.2, 0.25) is 0 Å². The molecule has 1 aromatic rings. The standard InChI is InChI=1S/C13H19N3O3/c1-9-8-11(14-19-9)13(18)16-6-4-10(5-7-16)12(17)15(2)3/h8,10H,4-7H2,1-3H3. The molecule has 0 saturated carbocycles. The molecule has 1 aliphatic rings. The lowest BCUT2D eigenvalue weighted by atomic mass is 9.95. The zero-order valence-corrected chi connectivity index (χ0v) is 11.5. The van der Waals surface area contributed by atoms with Crippen molar-refractivity contribution in [3.63, 3.8) is 0 Å². The van der Waals surface area contributed by atoms with Gasteiger partial charge in [-0.2, -0.15) is 0 Å². The molecule has 19 heavy (non-hydrogen) atoms. The number of carbonyl (C=O) groups excluding carboxylic acids is 2. The van der Waals surface area contributed by atoms with E-state index in [9.17, 15) is 9.59 Å². The largest absolute Gasteiger partial charge is 0.361 e. The Morgan fingerprint density at radius 3 is 2.47 bits per heavy atom. The van der Waals surface area contributed by atoms with Crippen molar-refractivity contribution in [1.29, 1.82) is 0 Å². The number of nitrogens with zero attached hydrogens (tertiary/aromatic N) is 3. The molecule has 104 valence electrons. The Bertz CT molecular complexity index is 473. The third-order valence-electron chi connectivity index (χ3n) is 3.42. The average molecular weight is 265 g/mol. The lowest BCUT2D eigenvalue weighted by Gasteiger charge is -2.31. The van der Waals surface area contributed by atoms with Crippen LogP contribution in [-0.2, 0) is 4.79 Å². The molecule has 0 aliphatic carbocycles. The highest BCUT2D eigenvalue weighted by molar-refractivity contribution is 5.92. The summed E-state index contributed by atoms with van der Waals surface area (Å²) in [5.74, 6) is 0.677. The fraction of sp³-hybridized carbons (Fsp3) is 0.615. The molecule has 2 heterocycles. The van der Waals surface area contributed by atoms with E-state index in [1.807, 2.05) is 0 Å². The number of piperidine rings is 1. The van der Waals surface area contributed by atoms with Gasteiger partial charge in [0.2, 0.25) is 5.91 Å². The highest BCUT2D eigenvalue weighted by Crippen LogP contribution is 2.20. The van der Waals surface area contributed by atoms with Crippen LogP contribution in [0.5, 0.6) is 0 Å². The molecule has 1 saturated heterocycles. The molecule has 2 rings (SSSR count). The Balaban J connectivity index is 1.93. The van der Waals surface area contributed by atoms with Crippen LogP contribution in [0.25, 0.3) is 0 Å². The fourth-order valence-electron chi connectivity index (χ4n) is 2.32. The molecular formula is C13H19N3O3. The number of hydrogen-bond acceptors (Lipinski definition) is 4. The quantitative estimate of drug-likeness (QED) is 0.797. The first-order valence-corrected chi connectivity index (χ1v) is 6.43. The van der Waals surface area contributed by atoms with Crippen LogP contribution in [0.4, 0.5) is 0 Å². The van der Waals surface area contributed by atoms with Crippen LogP contribution in [-0.4, -0.2) is 54.0 Å². The molecule has 0 unspecified atom stereocenters. The first-order chi connectivity index (χ1) is 8.99. The molecule has 6 nitrogen and oxygen atoms in total. The van der Waals surface area contributed by atoms with Gasteiger partial charge in [0.05, 0.1) is 0 Å². The number of rotatable bonds is 2. The second-order valence-electron chi connectivity index (χ2n) is 5.12. The van der Waals surface area contributed by atoms with Crippen molar-refractivity contribution >= 4 is 11.8 Å². The van der Waals surface area contributed by atoms with Crippen molar-refractivity contribution in [3.8, 4) is 0 Å². The van der Waals surface area contributed by atoms with Gasteiger partial charge in [-0.15, -0.1) is 0 Å². The maximum atomic E-state index is 12.1. The van der Waals surface area contributed by atoms with Gasteiger partial charge in [0.1, 0.15) is 5.76 Å². The zero-order chi connectivity index (χ0) is 14.0. The predicted octanol–water partition coefficient (Wildman–Crippen LogP) is 0.923. The Morgan fingerprint density at radius 2 is 2.00 bits per heavy atom. The lowest BCUT2D eigenvalue weighted by Crippen LogP contribution is -2.42. The molecule has 0 radical (unpaired) electrons. The Morgan fingerprint density at radius 1 is 1.37 bits per heavy atom. The third kappa shape index (κ3) is 2.94. The van der Waals surface area contributed by atoms with Crippen molar-refractivity contribution in [1.82, 2.24) is 15.0 Å². The van der Waals surface area contributed by atoms with Gasteiger partial charge in [0, 0.05) is 39.2 Å². The smallest absolute Gasteiger partial charge is 0.276 e. The first kappa shape index (κ1) is 13.6. The Kier molecular flexibility index (Phi) is 3.87. The average Bonchev–Trinajstić information content (AvgIpc) is 2.84. The summed E-state index contributed by atoms with van der Waals surface area (Å²) in [6.45, 7) is 2.94. The minimum Gasteiger partial charge on any atom is -0.361 e. The second kappa shape index (κ2) is 5.42. The van der Waals surface area contributed by atoms with Gasteiger partial charge in [0.25, 0.3) is 5.91 Å². The summed E-state index contributed by atoms with van der Waals surface area (Å²) in [6.07, 6.45) is 1.42. The van der Waals surface area contributed by atoms with E-state index < -0.39 is 0 Å². The highest BCUT2D eigenvalue weighted by atomic mass is 16.5. The summed E-state index contributed by atoms with van der Waals surface area (Å²) >= 11 is 0. The molecule has 1 aromatic heterocycles. The zero-order valence-electron chi connectivity index (χ0n) is 11.5. The number of aromatic nitrogens is 1. The molecule has 1 aliphatic heterocycles. The Labute approximate surface area is 112 Å². The van der Waals surface area contributed by atoms with E-state index in [1.54, 1.807) is 36.9 Å². The van der Waals surface area contributed by atoms with E-state index in [-0.39, 0.29) is 17.7 Å². The number of likely N-dealkylation sites (tertiary alicyclic amines) is 1. The maximum Gasteiger partial charge on any atom is 0.276 e. The van der Waals surface area contributed by atoms with E-state index in [0.29, 0.717) is 37.4 Å². The first-order valence-electron chi connectivity index (χ1n) is 6.43. The Hall–Kier alpha value is -1.85. The third-order valence-corrected chi connectivity index (χ3v) is 3.42. The summed E-state index contributed by atoms with van der Waals surface area (Å²) in [5.41, 5.74) is 0.342. The van der Waals surface area contributed by atoms with Gasteiger partial charge in [-0.3, -0.25) is 9.59 Å². The minimum atomic E-state index is -0.118. The molecule has 0 N–H and O–H groups in total. The van der Waals surface area contributed by atoms with Crippen LogP contribution < -0.4 is 0 Å². The van der Waals surface area contributed by atoms with E-state index in [0.717, 1.165) is 0 Å². The summed E-state index contributed by atoms with van der Waals surface area (Å²) in [5, 5.41) is 3.73. The summed E-state index contributed by atoms with van der Waals surface area (Å²) < 4.78 is 4.91. The number of aryl methyl sites for hydroxylation is 1. The lowest BCUT2D eigenvalue weighted by molar-refractivity contribution is -0.134. The number of carbonyl (C=O) groups is 2. The van der Waals surface area contributed by atoms with Gasteiger partial charge >= 0.3 is 0 Å². The van der Waals surface area contributed by atoms with E-state index in [1.165, 1.54) is 0 Å². The maximum absolute atomic E-state index is 12.1. The molecule has 6 heteroatoms. The fourth-order valence-corrected chi connectivity index (χ4v) is 2.32. The predicted molar refractivity (Wildman–Crippen MR) is 68.6 cm³/mol.